The number of hydrogen-bond donors (Lipinski definition) is 1. The molecule has 28 heavy (non-hydrogen) atoms. The molecule has 11 heteroatoms. The van der Waals surface area contributed by atoms with Crippen molar-refractivity contribution in [2.75, 3.05) is 0 Å². The van der Waals surface area contributed by atoms with Crippen LogP contribution in [0.3, 0.4) is 0 Å². The van der Waals surface area contributed by atoms with Crippen molar-refractivity contribution < 1.29 is 27.1 Å². The number of amides is 1. The Hall–Kier alpha value is -3.14. The lowest BCUT2D eigenvalue weighted by molar-refractivity contribution is -0.274. The molecule has 6 nitrogen and oxygen atoms in total. The van der Waals surface area contributed by atoms with Gasteiger partial charge in [-0.1, -0.05) is 11.6 Å². The summed E-state index contributed by atoms with van der Waals surface area (Å²) in [6.07, 6.45) is -2.47. The van der Waals surface area contributed by atoms with Crippen molar-refractivity contribution >= 4 is 17.5 Å². The van der Waals surface area contributed by atoms with Crippen LogP contribution in [0.15, 0.2) is 42.7 Å². The first-order chi connectivity index (χ1) is 13.1. The van der Waals surface area contributed by atoms with E-state index in [2.05, 4.69) is 14.8 Å². The number of halogens is 5. The average Bonchev–Trinajstić information content (AvgIpc) is 2.99. The Labute approximate surface area is 160 Å². The lowest BCUT2D eigenvalue weighted by atomic mass is 10.1. The van der Waals surface area contributed by atoms with Gasteiger partial charge in [0.05, 0.1) is 23.5 Å². The number of carbonyl (C=O) groups excluding carboxylic acids is 1. The number of rotatable bonds is 5. The standard InChI is InChI=1S/C17H11ClF4N4O2/c18-12-5-10(28-17(20,21)22)1-2-11(12)15-6-14(16(23)27)25-26(15)8-9-3-4-24-7-13(9)19/h1-7H,8H2,(H2,23,27). The molecule has 3 rings (SSSR count). The van der Waals surface area contributed by atoms with Gasteiger partial charge in [0.15, 0.2) is 5.69 Å². The molecule has 0 unspecified atom stereocenters. The minimum absolute atomic E-state index is 0.0888. The topological polar surface area (TPSA) is 83.0 Å². The van der Waals surface area contributed by atoms with Crippen LogP contribution >= 0.6 is 11.6 Å². The van der Waals surface area contributed by atoms with Crippen LogP contribution in [0.5, 0.6) is 5.75 Å². The predicted molar refractivity (Wildman–Crippen MR) is 91.2 cm³/mol. The quantitative estimate of drug-likeness (QED) is 0.644. The molecule has 0 bridgehead atoms. The van der Waals surface area contributed by atoms with Crippen LogP contribution < -0.4 is 10.5 Å². The van der Waals surface area contributed by atoms with Gasteiger partial charge in [0, 0.05) is 17.3 Å². The van der Waals surface area contributed by atoms with E-state index in [1.165, 1.54) is 29.1 Å². The Morgan fingerprint density at radius 3 is 2.61 bits per heavy atom. The van der Waals surface area contributed by atoms with Crippen molar-refractivity contribution in [1.82, 2.24) is 14.8 Å². The highest BCUT2D eigenvalue weighted by molar-refractivity contribution is 6.33. The number of primary amides is 1. The summed E-state index contributed by atoms with van der Waals surface area (Å²) >= 11 is 6.10. The van der Waals surface area contributed by atoms with Crippen LogP contribution in [0.2, 0.25) is 5.02 Å². The van der Waals surface area contributed by atoms with Crippen molar-refractivity contribution in [3.8, 4) is 17.0 Å². The molecule has 0 aliphatic carbocycles. The van der Waals surface area contributed by atoms with E-state index in [0.717, 1.165) is 18.3 Å². The third-order valence-corrected chi connectivity index (χ3v) is 3.97. The van der Waals surface area contributed by atoms with Crippen LogP contribution in [0, 0.1) is 5.82 Å². The number of aromatic nitrogens is 3. The van der Waals surface area contributed by atoms with E-state index in [1.54, 1.807) is 0 Å². The summed E-state index contributed by atoms with van der Waals surface area (Å²) in [6.45, 7) is -0.0892. The number of carbonyl (C=O) groups is 1. The van der Waals surface area contributed by atoms with Gasteiger partial charge in [0.1, 0.15) is 11.6 Å². The lowest BCUT2D eigenvalue weighted by Crippen LogP contribution is -2.17. The van der Waals surface area contributed by atoms with Gasteiger partial charge >= 0.3 is 6.36 Å². The summed E-state index contributed by atoms with van der Waals surface area (Å²) in [4.78, 5) is 15.1. The lowest BCUT2D eigenvalue weighted by Gasteiger charge is -2.12. The summed E-state index contributed by atoms with van der Waals surface area (Å²) in [5.41, 5.74) is 5.88. The van der Waals surface area contributed by atoms with Crippen molar-refractivity contribution in [2.24, 2.45) is 5.73 Å². The zero-order valence-electron chi connectivity index (χ0n) is 13.9. The van der Waals surface area contributed by atoms with E-state index in [0.29, 0.717) is 0 Å². The van der Waals surface area contributed by atoms with Gasteiger partial charge in [0.2, 0.25) is 0 Å². The van der Waals surface area contributed by atoms with E-state index in [9.17, 15) is 22.4 Å². The van der Waals surface area contributed by atoms with Crippen LogP contribution in [-0.2, 0) is 6.54 Å². The Bertz CT molecular complexity index is 1040. The Balaban J connectivity index is 2.03. The molecule has 0 saturated carbocycles. The second kappa shape index (κ2) is 7.47. The fourth-order valence-electron chi connectivity index (χ4n) is 2.47. The summed E-state index contributed by atoms with van der Waals surface area (Å²) in [6, 6.07) is 6.03. The molecule has 0 radical (unpaired) electrons. The molecule has 2 aromatic heterocycles. The Kier molecular flexibility index (Phi) is 5.23. The molecular formula is C17H11ClF4N4O2. The number of alkyl halides is 3. The number of nitrogens with two attached hydrogens (primary N) is 1. The van der Waals surface area contributed by atoms with Gasteiger partial charge in [-0.25, -0.2) is 4.39 Å². The van der Waals surface area contributed by atoms with Crippen molar-refractivity contribution in [3.63, 3.8) is 0 Å². The number of nitrogens with zero attached hydrogens (tertiary/aromatic N) is 3. The highest BCUT2D eigenvalue weighted by Crippen LogP contribution is 2.34. The van der Waals surface area contributed by atoms with Gasteiger partial charge < -0.3 is 10.5 Å². The summed E-state index contributed by atoms with van der Waals surface area (Å²) in [7, 11) is 0. The molecule has 3 aromatic rings. The van der Waals surface area contributed by atoms with E-state index < -0.39 is 23.8 Å². The highest BCUT2D eigenvalue weighted by Gasteiger charge is 2.31. The average molecular weight is 415 g/mol. The third kappa shape index (κ3) is 4.39. The maximum Gasteiger partial charge on any atom is 0.573 e. The number of ether oxygens (including phenoxy) is 1. The van der Waals surface area contributed by atoms with Crippen molar-refractivity contribution in [1.29, 1.82) is 0 Å². The van der Waals surface area contributed by atoms with Crippen LogP contribution in [0.1, 0.15) is 16.1 Å². The fourth-order valence-corrected chi connectivity index (χ4v) is 2.74. The van der Waals surface area contributed by atoms with Crippen LogP contribution in [0.4, 0.5) is 17.6 Å². The summed E-state index contributed by atoms with van der Waals surface area (Å²) in [5, 5.41) is 3.94. The third-order valence-electron chi connectivity index (χ3n) is 3.66. The predicted octanol–water partition coefficient (Wildman–Crippen LogP) is 3.78. The van der Waals surface area contributed by atoms with Gasteiger partial charge in [-0.2, -0.15) is 5.10 Å². The van der Waals surface area contributed by atoms with Gasteiger partial charge in [-0.3, -0.25) is 14.5 Å². The molecule has 1 amide bonds. The molecule has 1 aromatic carbocycles. The smallest absolute Gasteiger partial charge is 0.406 e. The SMILES string of the molecule is NC(=O)c1cc(-c2ccc(OC(F)(F)F)cc2Cl)n(Cc2ccncc2F)n1. The fraction of sp³-hybridized carbons (Fsp3) is 0.118. The first kappa shape index (κ1) is 19.6. The normalized spacial score (nSPS) is 11.5. The summed E-state index contributed by atoms with van der Waals surface area (Å²) < 4.78 is 56.1. The molecule has 2 heterocycles. The molecule has 0 aliphatic rings. The molecule has 146 valence electrons. The zero-order valence-corrected chi connectivity index (χ0v) is 14.6. The minimum Gasteiger partial charge on any atom is -0.406 e. The van der Waals surface area contributed by atoms with Gasteiger partial charge in [-0.15, -0.1) is 13.2 Å². The molecule has 0 fully saturated rings. The number of hydrogen-bond acceptors (Lipinski definition) is 4. The first-order valence-electron chi connectivity index (χ1n) is 7.66. The Morgan fingerprint density at radius 2 is 2.00 bits per heavy atom. The highest BCUT2D eigenvalue weighted by atomic mass is 35.5. The molecular weight excluding hydrogens is 404 g/mol. The van der Waals surface area contributed by atoms with E-state index in [1.807, 2.05) is 0 Å². The van der Waals surface area contributed by atoms with Gasteiger partial charge in [-0.05, 0) is 30.3 Å². The summed E-state index contributed by atoms with van der Waals surface area (Å²) in [5.74, 6) is -1.93. The van der Waals surface area contributed by atoms with Crippen LogP contribution in [0.25, 0.3) is 11.3 Å². The second-order valence-electron chi connectivity index (χ2n) is 5.59. The number of benzene rings is 1. The van der Waals surface area contributed by atoms with E-state index in [4.69, 9.17) is 17.3 Å². The van der Waals surface area contributed by atoms with Crippen molar-refractivity contribution in [3.05, 3.63) is 64.8 Å². The maximum atomic E-state index is 13.9. The van der Waals surface area contributed by atoms with E-state index >= 15 is 0 Å². The molecule has 0 spiro atoms. The monoisotopic (exact) mass is 414 g/mol. The largest absolute Gasteiger partial charge is 0.573 e. The van der Waals surface area contributed by atoms with Gasteiger partial charge in [0.25, 0.3) is 5.91 Å². The van der Waals surface area contributed by atoms with Crippen molar-refractivity contribution in [2.45, 2.75) is 12.9 Å². The maximum absolute atomic E-state index is 13.9. The Morgan fingerprint density at radius 1 is 1.25 bits per heavy atom. The van der Waals surface area contributed by atoms with E-state index in [-0.39, 0.29) is 34.1 Å². The molecule has 2 N–H and O–H groups in total. The molecule has 0 saturated heterocycles. The molecule has 0 aliphatic heterocycles. The first-order valence-corrected chi connectivity index (χ1v) is 8.03. The van der Waals surface area contributed by atoms with Crippen LogP contribution in [-0.4, -0.2) is 27.0 Å². The molecule has 0 atom stereocenters. The number of pyridine rings is 1. The zero-order chi connectivity index (χ0) is 20.5. The second-order valence-corrected chi connectivity index (χ2v) is 6.00. The minimum atomic E-state index is -4.87.